The van der Waals surface area contributed by atoms with E-state index in [1.165, 1.54) is 5.56 Å². The van der Waals surface area contributed by atoms with Crippen LogP contribution in [0.15, 0.2) is 30.3 Å². The summed E-state index contributed by atoms with van der Waals surface area (Å²) in [5.41, 5.74) is 1.38. The van der Waals surface area contributed by atoms with Crippen LogP contribution < -0.4 is 5.32 Å². The highest BCUT2D eigenvalue weighted by Crippen LogP contribution is 2.34. The van der Waals surface area contributed by atoms with E-state index in [1.54, 1.807) is 0 Å². The summed E-state index contributed by atoms with van der Waals surface area (Å²) in [6.45, 7) is 4.27. The van der Waals surface area contributed by atoms with Crippen LogP contribution in [0.4, 0.5) is 0 Å². The van der Waals surface area contributed by atoms with Gasteiger partial charge in [0.25, 0.3) is 0 Å². The Balaban J connectivity index is 2.15. The molecule has 2 rings (SSSR count). The maximum atomic E-state index is 11.3. The van der Waals surface area contributed by atoms with Crippen LogP contribution in [-0.2, 0) is 11.2 Å². The summed E-state index contributed by atoms with van der Waals surface area (Å²) in [7, 11) is 0. The second-order valence-electron chi connectivity index (χ2n) is 4.78. The summed E-state index contributed by atoms with van der Waals surface area (Å²) in [5.74, 6) is 0.181. The van der Waals surface area contributed by atoms with Crippen LogP contribution in [0.2, 0.25) is 0 Å². The van der Waals surface area contributed by atoms with E-state index in [2.05, 4.69) is 31.3 Å². The van der Waals surface area contributed by atoms with Crippen molar-refractivity contribution in [3.05, 3.63) is 35.9 Å². The number of hydrogen-bond donors (Lipinski definition) is 1. The molecule has 15 heavy (non-hydrogen) atoms. The Bertz CT molecular complexity index is 360. The third kappa shape index (κ3) is 2.04. The molecule has 0 aliphatic carbocycles. The minimum atomic E-state index is 0.0679. The molecule has 0 bridgehead atoms. The summed E-state index contributed by atoms with van der Waals surface area (Å²) >= 11 is 0. The van der Waals surface area contributed by atoms with Gasteiger partial charge in [-0.05, 0) is 18.9 Å². The largest absolute Gasteiger partial charge is 0.353 e. The minimum Gasteiger partial charge on any atom is -0.353 e. The van der Waals surface area contributed by atoms with E-state index in [4.69, 9.17) is 0 Å². The first-order valence-corrected chi connectivity index (χ1v) is 5.43. The molecule has 0 radical (unpaired) electrons. The van der Waals surface area contributed by atoms with Gasteiger partial charge in [-0.25, -0.2) is 0 Å². The van der Waals surface area contributed by atoms with Crippen molar-refractivity contribution >= 4 is 5.91 Å². The number of benzene rings is 1. The van der Waals surface area contributed by atoms with Gasteiger partial charge in [0.05, 0.1) is 0 Å². The Labute approximate surface area is 90.7 Å². The first-order valence-electron chi connectivity index (χ1n) is 5.43. The lowest BCUT2D eigenvalue weighted by atomic mass is 9.78. The molecule has 1 amide bonds. The molecule has 0 aromatic heterocycles. The molecule has 2 atom stereocenters. The average molecular weight is 203 g/mol. The first kappa shape index (κ1) is 10.2. The van der Waals surface area contributed by atoms with Crippen LogP contribution in [0.1, 0.15) is 25.8 Å². The highest BCUT2D eigenvalue weighted by Gasteiger charge is 2.40. The Kier molecular flexibility index (Phi) is 2.51. The van der Waals surface area contributed by atoms with Gasteiger partial charge in [0.2, 0.25) is 5.91 Å². The van der Waals surface area contributed by atoms with Crippen molar-refractivity contribution in [1.29, 1.82) is 0 Å². The average Bonchev–Trinajstić information content (AvgIpc) is 2.41. The zero-order chi connectivity index (χ0) is 10.9. The Morgan fingerprint density at radius 3 is 2.60 bits per heavy atom. The third-order valence-corrected chi connectivity index (χ3v) is 3.44. The maximum absolute atomic E-state index is 11.3. The second-order valence-corrected chi connectivity index (χ2v) is 4.78. The van der Waals surface area contributed by atoms with Crippen LogP contribution >= 0.6 is 0 Å². The van der Waals surface area contributed by atoms with Crippen molar-refractivity contribution in [2.24, 2.45) is 5.41 Å². The lowest BCUT2D eigenvalue weighted by molar-refractivity contribution is -0.119. The molecule has 80 valence electrons. The molecule has 1 fully saturated rings. The number of nitrogens with one attached hydrogen (secondary N) is 1. The fraction of sp³-hybridized carbons (Fsp3) is 0.462. The predicted molar refractivity (Wildman–Crippen MR) is 60.5 cm³/mol. The van der Waals surface area contributed by atoms with Crippen LogP contribution in [0.3, 0.4) is 0 Å². The predicted octanol–water partition coefficient (Wildman–Crippen LogP) is 2.14. The summed E-state index contributed by atoms with van der Waals surface area (Å²) in [6, 6.07) is 10.6. The van der Waals surface area contributed by atoms with Crippen LogP contribution in [0, 0.1) is 5.41 Å². The first-order chi connectivity index (χ1) is 7.10. The van der Waals surface area contributed by atoms with Crippen molar-refractivity contribution in [2.75, 3.05) is 0 Å². The highest BCUT2D eigenvalue weighted by molar-refractivity contribution is 5.79. The standard InChI is InChI=1S/C13H17NO/c1-10-13(2,9-12(15)14-10)8-11-6-4-3-5-7-11/h3-7,10H,8-9H2,1-2H3,(H,14,15). The summed E-state index contributed by atoms with van der Waals surface area (Å²) in [5, 5.41) is 2.99. The molecule has 1 aliphatic heterocycles. The van der Waals surface area contributed by atoms with Gasteiger partial charge in [-0.1, -0.05) is 37.3 Å². The zero-order valence-corrected chi connectivity index (χ0v) is 9.29. The highest BCUT2D eigenvalue weighted by atomic mass is 16.2. The number of hydrogen-bond acceptors (Lipinski definition) is 1. The minimum absolute atomic E-state index is 0.0679. The maximum Gasteiger partial charge on any atom is 0.220 e. The topological polar surface area (TPSA) is 29.1 Å². The quantitative estimate of drug-likeness (QED) is 0.784. The Morgan fingerprint density at radius 2 is 2.07 bits per heavy atom. The molecule has 2 unspecified atom stereocenters. The van der Waals surface area contributed by atoms with Crippen molar-refractivity contribution < 1.29 is 4.79 Å². The van der Waals surface area contributed by atoms with Crippen molar-refractivity contribution in [1.82, 2.24) is 5.32 Å². The molecule has 0 spiro atoms. The van der Waals surface area contributed by atoms with E-state index in [-0.39, 0.29) is 17.4 Å². The van der Waals surface area contributed by atoms with Gasteiger partial charge in [-0.2, -0.15) is 0 Å². The van der Waals surface area contributed by atoms with Gasteiger partial charge >= 0.3 is 0 Å². The number of carbonyl (C=O) groups excluding carboxylic acids is 1. The molecule has 2 nitrogen and oxygen atoms in total. The van der Waals surface area contributed by atoms with Gasteiger partial charge in [-0.15, -0.1) is 0 Å². The number of carbonyl (C=O) groups is 1. The molecule has 1 aromatic carbocycles. The van der Waals surface area contributed by atoms with Crippen LogP contribution in [-0.4, -0.2) is 11.9 Å². The molecule has 1 heterocycles. The van der Waals surface area contributed by atoms with Gasteiger partial charge in [0.1, 0.15) is 0 Å². The van der Waals surface area contributed by atoms with E-state index in [0.29, 0.717) is 6.42 Å². The Morgan fingerprint density at radius 1 is 1.40 bits per heavy atom. The number of rotatable bonds is 2. The summed E-state index contributed by atoms with van der Waals surface area (Å²) in [4.78, 5) is 11.3. The summed E-state index contributed by atoms with van der Waals surface area (Å²) in [6.07, 6.45) is 1.61. The van der Waals surface area contributed by atoms with Gasteiger partial charge in [-0.3, -0.25) is 4.79 Å². The molecule has 1 aromatic rings. The van der Waals surface area contributed by atoms with E-state index in [0.717, 1.165) is 6.42 Å². The molecule has 1 saturated heterocycles. The molecule has 0 saturated carbocycles. The van der Waals surface area contributed by atoms with Crippen LogP contribution in [0.5, 0.6) is 0 Å². The normalized spacial score (nSPS) is 30.3. The van der Waals surface area contributed by atoms with Crippen molar-refractivity contribution in [2.45, 2.75) is 32.7 Å². The van der Waals surface area contributed by atoms with E-state index >= 15 is 0 Å². The van der Waals surface area contributed by atoms with E-state index in [9.17, 15) is 4.79 Å². The SMILES string of the molecule is CC1NC(=O)CC1(C)Cc1ccccc1. The zero-order valence-electron chi connectivity index (χ0n) is 9.29. The van der Waals surface area contributed by atoms with E-state index < -0.39 is 0 Å². The number of amides is 1. The third-order valence-electron chi connectivity index (χ3n) is 3.44. The van der Waals surface area contributed by atoms with Crippen molar-refractivity contribution in [3.63, 3.8) is 0 Å². The molecular weight excluding hydrogens is 186 g/mol. The fourth-order valence-electron chi connectivity index (χ4n) is 2.26. The molecule has 2 heteroatoms. The van der Waals surface area contributed by atoms with Gasteiger partial charge < -0.3 is 5.32 Å². The lowest BCUT2D eigenvalue weighted by Gasteiger charge is -2.27. The van der Waals surface area contributed by atoms with Gasteiger partial charge in [0, 0.05) is 17.9 Å². The molecule has 1 N–H and O–H groups in total. The van der Waals surface area contributed by atoms with Crippen molar-refractivity contribution in [3.8, 4) is 0 Å². The monoisotopic (exact) mass is 203 g/mol. The lowest BCUT2D eigenvalue weighted by Crippen LogP contribution is -2.33. The second kappa shape index (κ2) is 3.69. The van der Waals surface area contributed by atoms with Crippen LogP contribution in [0.25, 0.3) is 0 Å². The van der Waals surface area contributed by atoms with E-state index in [1.807, 2.05) is 18.2 Å². The Hall–Kier alpha value is -1.31. The fourth-order valence-corrected chi connectivity index (χ4v) is 2.26. The summed E-state index contributed by atoms with van der Waals surface area (Å²) < 4.78 is 0. The molecular formula is C13H17NO. The van der Waals surface area contributed by atoms with Gasteiger partial charge in [0.15, 0.2) is 0 Å². The molecule has 1 aliphatic rings. The smallest absolute Gasteiger partial charge is 0.220 e.